The maximum Gasteiger partial charge on any atom is 0.175 e. The molecule has 6 heteroatoms. The zero-order chi connectivity index (χ0) is 14.8. The highest BCUT2D eigenvalue weighted by molar-refractivity contribution is 7.90. The molecular weight excluding hydrogens is 310 g/mol. The summed E-state index contributed by atoms with van der Waals surface area (Å²) in [6, 6.07) is 6.76. The molecule has 4 nitrogen and oxygen atoms in total. The molecule has 0 atom stereocenters. The fourth-order valence-electron chi connectivity index (χ4n) is 2.93. The average molecular weight is 334 g/mol. The van der Waals surface area contributed by atoms with E-state index in [0.717, 1.165) is 31.6 Å². The van der Waals surface area contributed by atoms with E-state index in [1.165, 1.54) is 11.2 Å². The van der Waals surface area contributed by atoms with Crippen LogP contribution in [0.5, 0.6) is 0 Å². The zero-order valence-corrected chi connectivity index (χ0v) is 14.2. The zero-order valence-electron chi connectivity index (χ0n) is 12.6. The number of hydrogen-bond acceptors (Lipinski definition) is 3. The minimum absolute atomic E-state index is 0. The molecule has 0 amide bonds. The van der Waals surface area contributed by atoms with Crippen molar-refractivity contribution in [1.29, 1.82) is 0 Å². The minimum atomic E-state index is -3.23. The molecule has 1 heterocycles. The molecule has 0 unspecified atom stereocenters. The third kappa shape index (κ3) is 4.42. The number of hydrogen-bond donors (Lipinski definition) is 2. The lowest BCUT2D eigenvalue weighted by atomic mass is 9.84. The quantitative estimate of drug-likeness (QED) is 0.634. The fourth-order valence-corrected chi connectivity index (χ4v) is 3.59. The van der Waals surface area contributed by atoms with E-state index in [0.29, 0.717) is 12.8 Å². The van der Waals surface area contributed by atoms with Crippen LogP contribution in [0.25, 0.3) is 0 Å². The van der Waals surface area contributed by atoms with Crippen LogP contribution in [-0.2, 0) is 15.4 Å². The Kier molecular flexibility index (Phi) is 6.23. The first-order chi connectivity index (χ1) is 9.35. The van der Waals surface area contributed by atoms with Crippen LogP contribution >= 0.6 is 0 Å². The molecule has 0 saturated carbocycles. The average Bonchev–Trinajstić information content (AvgIpc) is 2.41. The number of halogens is 1. The molecule has 2 rings (SSSR count). The van der Waals surface area contributed by atoms with Gasteiger partial charge in [0.1, 0.15) is 5.60 Å². The molecule has 1 saturated heterocycles. The number of likely N-dealkylation sites (tertiary alicyclic amines) is 1. The van der Waals surface area contributed by atoms with Gasteiger partial charge in [-0.2, -0.15) is 0 Å². The van der Waals surface area contributed by atoms with Gasteiger partial charge in [0.15, 0.2) is 9.84 Å². The van der Waals surface area contributed by atoms with Gasteiger partial charge in [-0.05, 0) is 24.1 Å². The summed E-state index contributed by atoms with van der Waals surface area (Å²) in [5.41, 5.74) is -0.145. The van der Waals surface area contributed by atoms with Gasteiger partial charge in [0.2, 0.25) is 0 Å². The molecular formula is C15H24ClNO3S. The van der Waals surface area contributed by atoms with Crippen LogP contribution in [0.2, 0.25) is 0 Å². The third-order valence-electron chi connectivity index (χ3n) is 4.19. The van der Waals surface area contributed by atoms with E-state index >= 15 is 0 Å². The molecule has 1 aliphatic heterocycles. The number of aliphatic hydroxyl groups is 1. The molecule has 1 aromatic rings. The number of rotatable bonds is 4. The molecule has 2 N–H and O–H groups in total. The summed E-state index contributed by atoms with van der Waals surface area (Å²) in [4.78, 5) is 1.81. The predicted molar refractivity (Wildman–Crippen MR) is 78.5 cm³/mol. The van der Waals surface area contributed by atoms with Crippen LogP contribution in [-0.4, -0.2) is 39.4 Å². The van der Waals surface area contributed by atoms with Gasteiger partial charge in [-0.25, -0.2) is 8.42 Å². The Hall–Kier alpha value is -0.620. The van der Waals surface area contributed by atoms with Gasteiger partial charge in [0.05, 0.1) is 24.5 Å². The summed E-state index contributed by atoms with van der Waals surface area (Å²) in [5.74, 6) is 0. The van der Waals surface area contributed by atoms with Crippen molar-refractivity contribution in [2.24, 2.45) is 0 Å². The summed E-state index contributed by atoms with van der Waals surface area (Å²) in [7, 11) is -3.23. The predicted octanol–water partition coefficient (Wildman–Crippen LogP) is -2.63. The Morgan fingerprint density at radius 3 is 2.43 bits per heavy atom. The smallest absolute Gasteiger partial charge is 0.175 e. The van der Waals surface area contributed by atoms with Gasteiger partial charge in [-0.1, -0.05) is 19.1 Å². The summed E-state index contributed by atoms with van der Waals surface area (Å²) < 4.78 is 23.2. The molecule has 21 heavy (non-hydrogen) atoms. The van der Waals surface area contributed by atoms with E-state index in [9.17, 15) is 13.5 Å². The highest BCUT2D eigenvalue weighted by atomic mass is 35.5. The second kappa shape index (κ2) is 7.09. The second-order valence-corrected chi connectivity index (χ2v) is 7.85. The monoisotopic (exact) mass is 333 g/mol. The number of sulfone groups is 1. The SMILES string of the molecule is CCC[NH+]1CCC(O)(c2cccc(S(C)(=O)=O)c2)CC1.[Cl-]. The molecule has 0 radical (unpaired) electrons. The fraction of sp³-hybridized carbons (Fsp3) is 0.600. The van der Waals surface area contributed by atoms with Crippen molar-refractivity contribution >= 4 is 9.84 Å². The first kappa shape index (κ1) is 18.4. The molecule has 1 aromatic carbocycles. The van der Waals surface area contributed by atoms with Gasteiger partial charge in [-0.15, -0.1) is 0 Å². The largest absolute Gasteiger partial charge is 1.00 e. The van der Waals surface area contributed by atoms with Crippen molar-refractivity contribution < 1.29 is 30.8 Å². The second-order valence-electron chi connectivity index (χ2n) is 5.83. The molecule has 0 aliphatic carbocycles. The molecule has 1 aliphatic rings. The van der Waals surface area contributed by atoms with Crippen molar-refractivity contribution in [1.82, 2.24) is 0 Å². The highest BCUT2D eigenvalue weighted by Crippen LogP contribution is 2.30. The van der Waals surface area contributed by atoms with Gasteiger partial charge in [-0.3, -0.25) is 0 Å². The number of nitrogens with one attached hydrogen (secondary N) is 1. The Morgan fingerprint density at radius 2 is 1.90 bits per heavy atom. The molecule has 0 spiro atoms. The minimum Gasteiger partial charge on any atom is -1.00 e. The third-order valence-corrected chi connectivity index (χ3v) is 5.30. The van der Waals surface area contributed by atoms with Crippen molar-refractivity contribution in [2.45, 2.75) is 36.7 Å². The van der Waals surface area contributed by atoms with Crippen LogP contribution < -0.4 is 17.3 Å². The van der Waals surface area contributed by atoms with E-state index in [4.69, 9.17) is 0 Å². The molecule has 0 aromatic heterocycles. The summed E-state index contributed by atoms with van der Waals surface area (Å²) in [6.07, 6.45) is 3.73. The van der Waals surface area contributed by atoms with E-state index in [1.54, 1.807) is 18.2 Å². The van der Waals surface area contributed by atoms with E-state index in [-0.39, 0.29) is 17.3 Å². The molecule has 0 bridgehead atoms. The van der Waals surface area contributed by atoms with Crippen molar-refractivity contribution in [3.8, 4) is 0 Å². The maximum atomic E-state index is 11.6. The lowest BCUT2D eigenvalue weighted by Crippen LogP contribution is -3.13. The van der Waals surface area contributed by atoms with Gasteiger partial charge < -0.3 is 22.4 Å². The summed E-state index contributed by atoms with van der Waals surface area (Å²) in [6.45, 7) is 5.18. The van der Waals surface area contributed by atoms with Gasteiger partial charge in [0.25, 0.3) is 0 Å². The maximum absolute atomic E-state index is 11.6. The van der Waals surface area contributed by atoms with E-state index < -0.39 is 15.4 Å². The van der Waals surface area contributed by atoms with Gasteiger partial charge in [0, 0.05) is 19.1 Å². The lowest BCUT2D eigenvalue weighted by molar-refractivity contribution is -0.907. The molecule has 1 fully saturated rings. The van der Waals surface area contributed by atoms with Crippen molar-refractivity contribution in [2.75, 3.05) is 25.9 Å². The molecule has 120 valence electrons. The standard InChI is InChI=1S/C15H23NO3S.ClH/c1-3-9-16-10-7-15(17,8-11-16)13-5-4-6-14(12-13)20(2,18)19;/h4-6,12,17H,3,7-11H2,1-2H3;1H. The summed E-state index contributed by atoms with van der Waals surface area (Å²) >= 11 is 0. The van der Waals surface area contributed by atoms with Crippen LogP contribution in [0.3, 0.4) is 0 Å². The van der Waals surface area contributed by atoms with Crippen molar-refractivity contribution in [3.63, 3.8) is 0 Å². The van der Waals surface area contributed by atoms with E-state index in [2.05, 4.69) is 6.92 Å². The number of piperidine rings is 1. The van der Waals surface area contributed by atoms with E-state index in [1.807, 2.05) is 6.07 Å². The topological polar surface area (TPSA) is 58.8 Å². The van der Waals surface area contributed by atoms with Crippen LogP contribution in [0.4, 0.5) is 0 Å². The van der Waals surface area contributed by atoms with Crippen molar-refractivity contribution in [3.05, 3.63) is 29.8 Å². The Bertz CT molecular complexity index is 566. The highest BCUT2D eigenvalue weighted by Gasteiger charge is 2.36. The normalized spacial score (nSPS) is 26.1. The van der Waals surface area contributed by atoms with Crippen LogP contribution in [0, 0.1) is 0 Å². The van der Waals surface area contributed by atoms with Gasteiger partial charge >= 0.3 is 0 Å². The Morgan fingerprint density at radius 1 is 1.29 bits per heavy atom. The number of quaternary nitrogens is 1. The first-order valence-electron chi connectivity index (χ1n) is 7.22. The Labute approximate surface area is 133 Å². The first-order valence-corrected chi connectivity index (χ1v) is 9.11. The summed E-state index contributed by atoms with van der Waals surface area (Å²) in [5, 5.41) is 10.8. The van der Waals surface area contributed by atoms with Crippen LogP contribution in [0.1, 0.15) is 31.7 Å². The lowest BCUT2D eigenvalue weighted by Gasteiger charge is -2.36. The number of benzene rings is 1. The van der Waals surface area contributed by atoms with Crippen LogP contribution in [0.15, 0.2) is 29.2 Å². The Balaban J connectivity index is 0.00000220.